The first-order valence-corrected chi connectivity index (χ1v) is 9.17. The van der Waals surface area contributed by atoms with Gasteiger partial charge in [-0.1, -0.05) is 48.0 Å². The zero-order valence-corrected chi connectivity index (χ0v) is 15.8. The molecule has 0 amide bonds. The highest BCUT2D eigenvalue weighted by molar-refractivity contribution is 6.30. The third-order valence-corrected chi connectivity index (χ3v) is 5.11. The summed E-state index contributed by atoms with van der Waals surface area (Å²) in [4.78, 5) is 28.6. The third kappa shape index (κ3) is 3.25. The van der Waals surface area contributed by atoms with Gasteiger partial charge in [0.05, 0.1) is 18.2 Å². The fraction of sp³-hybridized carbons (Fsp3) is 0.136. The van der Waals surface area contributed by atoms with Crippen molar-refractivity contribution < 1.29 is 9.90 Å². The lowest BCUT2D eigenvalue weighted by Gasteiger charge is -2.14. The minimum absolute atomic E-state index is 0.197. The van der Waals surface area contributed by atoms with Crippen LogP contribution in [0.2, 0.25) is 5.02 Å². The number of nitrogens with zero attached hydrogens (tertiary/aromatic N) is 2. The molecule has 3 aromatic rings. The van der Waals surface area contributed by atoms with Gasteiger partial charge < -0.3 is 9.67 Å². The van der Waals surface area contributed by atoms with Gasteiger partial charge in [0.15, 0.2) is 0 Å². The number of halogens is 1. The van der Waals surface area contributed by atoms with Gasteiger partial charge in [-0.15, -0.1) is 0 Å². The maximum atomic E-state index is 12.3. The second kappa shape index (κ2) is 7.09. The average molecular weight is 393 g/mol. The summed E-state index contributed by atoms with van der Waals surface area (Å²) in [5.74, 6) is -0.971. The molecule has 0 bridgehead atoms. The van der Waals surface area contributed by atoms with Gasteiger partial charge in [0.2, 0.25) is 0 Å². The lowest BCUT2D eigenvalue weighted by molar-refractivity contribution is -0.137. The number of aromatic nitrogens is 1. The van der Waals surface area contributed by atoms with Crippen LogP contribution in [-0.2, 0) is 11.8 Å². The smallest absolute Gasteiger partial charge is 0.305 e. The number of rotatable bonds is 3. The number of hydrogen-bond donors (Lipinski definition) is 1. The Hall–Kier alpha value is -3.18. The summed E-state index contributed by atoms with van der Waals surface area (Å²) in [6.07, 6.45) is 1.55. The molecule has 0 fully saturated rings. The van der Waals surface area contributed by atoms with Crippen LogP contribution < -0.4 is 5.56 Å². The lowest BCUT2D eigenvalue weighted by atomic mass is 9.92. The van der Waals surface area contributed by atoms with E-state index in [1.54, 1.807) is 25.4 Å². The van der Waals surface area contributed by atoms with Crippen LogP contribution in [0.3, 0.4) is 0 Å². The second-order valence-electron chi connectivity index (χ2n) is 6.74. The van der Waals surface area contributed by atoms with Crippen molar-refractivity contribution in [1.29, 1.82) is 0 Å². The summed E-state index contributed by atoms with van der Waals surface area (Å²) in [7, 11) is 1.68. The zero-order chi connectivity index (χ0) is 19.8. The molecule has 6 heteroatoms. The Kier molecular flexibility index (Phi) is 4.61. The largest absolute Gasteiger partial charge is 0.481 e. The molecule has 1 aromatic heterocycles. The molecule has 140 valence electrons. The standard InChI is InChI=1S/C22H17ClN2O3/c1-25-12-18-15-4-2-3-5-16(15)22(13-6-8-14(23)9-7-13)24-19(11-21(27)28)17(18)10-20(25)26/h2-10,12,19H,11H2,1H3,(H,27,28)/t19-/m0/s1. The van der Waals surface area contributed by atoms with Crippen molar-refractivity contribution >= 4 is 23.3 Å². The number of benzene rings is 2. The molecule has 5 nitrogen and oxygen atoms in total. The number of carboxylic acid groups (broad SMARTS) is 1. The van der Waals surface area contributed by atoms with Gasteiger partial charge >= 0.3 is 5.97 Å². The van der Waals surface area contributed by atoms with Crippen LogP contribution in [0.15, 0.2) is 70.6 Å². The molecule has 0 spiro atoms. The molecule has 1 N–H and O–H groups in total. The highest BCUT2D eigenvalue weighted by Crippen LogP contribution is 2.38. The Balaban J connectivity index is 2.04. The zero-order valence-electron chi connectivity index (χ0n) is 15.1. The molecule has 0 saturated carbocycles. The van der Waals surface area contributed by atoms with Crippen molar-refractivity contribution in [2.45, 2.75) is 12.5 Å². The minimum Gasteiger partial charge on any atom is -0.481 e. The lowest BCUT2D eigenvalue weighted by Crippen LogP contribution is -2.18. The molecule has 2 aromatic carbocycles. The van der Waals surface area contributed by atoms with E-state index in [1.807, 2.05) is 36.4 Å². The SMILES string of the molecule is Cn1cc2c(cc1=O)[C@H](CC(=O)O)N=C(c1ccc(Cl)cc1)c1ccccc1-2. The number of hydrogen-bond acceptors (Lipinski definition) is 3. The van der Waals surface area contributed by atoms with Crippen LogP contribution >= 0.6 is 11.6 Å². The summed E-state index contributed by atoms with van der Waals surface area (Å²) in [6, 6.07) is 15.9. The quantitative estimate of drug-likeness (QED) is 0.730. The van der Waals surface area contributed by atoms with Crippen molar-refractivity contribution in [3.63, 3.8) is 0 Å². The highest BCUT2D eigenvalue weighted by Gasteiger charge is 2.27. The van der Waals surface area contributed by atoms with E-state index in [0.717, 1.165) is 22.3 Å². The summed E-state index contributed by atoms with van der Waals surface area (Å²) in [5.41, 5.74) is 4.57. The Morgan fingerprint density at radius 3 is 2.46 bits per heavy atom. The van der Waals surface area contributed by atoms with Crippen LogP contribution in [0, 0.1) is 0 Å². The van der Waals surface area contributed by atoms with E-state index < -0.39 is 12.0 Å². The van der Waals surface area contributed by atoms with E-state index >= 15 is 0 Å². The molecule has 0 unspecified atom stereocenters. The molecule has 0 saturated heterocycles. The van der Waals surface area contributed by atoms with Crippen LogP contribution in [-0.4, -0.2) is 21.4 Å². The number of pyridine rings is 1. The maximum absolute atomic E-state index is 12.3. The summed E-state index contributed by atoms with van der Waals surface area (Å²) in [6.45, 7) is 0. The monoisotopic (exact) mass is 392 g/mol. The van der Waals surface area contributed by atoms with E-state index in [9.17, 15) is 14.7 Å². The fourth-order valence-corrected chi connectivity index (χ4v) is 3.65. The topological polar surface area (TPSA) is 71.7 Å². The Labute approximate surface area is 166 Å². The predicted molar refractivity (Wildman–Crippen MR) is 109 cm³/mol. The molecule has 0 radical (unpaired) electrons. The van der Waals surface area contributed by atoms with E-state index in [2.05, 4.69) is 0 Å². The molecular weight excluding hydrogens is 376 g/mol. The first-order valence-electron chi connectivity index (χ1n) is 8.80. The summed E-state index contributed by atoms with van der Waals surface area (Å²) >= 11 is 6.03. The van der Waals surface area contributed by atoms with E-state index in [-0.39, 0.29) is 12.0 Å². The number of fused-ring (bicyclic) bond motifs is 3. The Morgan fingerprint density at radius 1 is 1.11 bits per heavy atom. The van der Waals surface area contributed by atoms with Crippen molar-refractivity contribution in [2.75, 3.05) is 0 Å². The average Bonchev–Trinajstić information content (AvgIpc) is 2.79. The van der Waals surface area contributed by atoms with Crippen molar-refractivity contribution in [3.05, 3.63) is 92.9 Å². The van der Waals surface area contributed by atoms with Gasteiger partial charge in [-0.05, 0) is 23.3 Å². The van der Waals surface area contributed by atoms with Crippen LogP contribution in [0.25, 0.3) is 11.1 Å². The summed E-state index contributed by atoms with van der Waals surface area (Å²) in [5, 5.41) is 10.1. The Morgan fingerprint density at radius 2 is 1.79 bits per heavy atom. The van der Waals surface area contributed by atoms with E-state index in [4.69, 9.17) is 16.6 Å². The van der Waals surface area contributed by atoms with E-state index in [1.165, 1.54) is 10.6 Å². The van der Waals surface area contributed by atoms with Gasteiger partial charge in [0.1, 0.15) is 0 Å². The van der Waals surface area contributed by atoms with Gasteiger partial charge in [0.25, 0.3) is 5.56 Å². The van der Waals surface area contributed by atoms with Crippen molar-refractivity contribution in [1.82, 2.24) is 4.57 Å². The van der Waals surface area contributed by atoms with Gasteiger partial charge in [-0.25, -0.2) is 0 Å². The molecule has 2 heterocycles. The first-order chi connectivity index (χ1) is 13.4. The molecule has 1 atom stereocenters. The molecular formula is C22H17ClN2O3. The minimum atomic E-state index is -0.971. The molecule has 4 rings (SSSR count). The third-order valence-electron chi connectivity index (χ3n) is 4.86. The second-order valence-corrected chi connectivity index (χ2v) is 7.17. The van der Waals surface area contributed by atoms with E-state index in [0.29, 0.717) is 16.3 Å². The molecule has 0 aliphatic carbocycles. The van der Waals surface area contributed by atoms with Crippen molar-refractivity contribution in [2.24, 2.45) is 12.0 Å². The number of aliphatic imine (C=N–C) groups is 1. The predicted octanol–water partition coefficient (Wildman–Crippen LogP) is 4.07. The van der Waals surface area contributed by atoms with Crippen LogP contribution in [0.5, 0.6) is 0 Å². The highest BCUT2D eigenvalue weighted by atomic mass is 35.5. The molecule has 1 aliphatic heterocycles. The van der Waals surface area contributed by atoms with Gasteiger partial charge in [-0.3, -0.25) is 14.6 Å². The number of carboxylic acids is 1. The van der Waals surface area contributed by atoms with Crippen LogP contribution in [0.4, 0.5) is 0 Å². The molecule has 1 aliphatic rings. The molecule has 28 heavy (non-hydrogen) atoms. The van der Waals surface area contributed by atoms with Crippen LogP contribution in [0.1, 0.15) is 29.2 Å². The maximum Gasteiger partial charge on any atom is 0.305 e. The number of aliphatic carboxylic acids is 1. The summed E-state index contributed by atoms with van der Waals surface area (Å²) < 4.78 is 1.50. The van der Waals surface area contributed by atoms with Gasteiger partial charge in [-0.2, -0.15) is 0 Å². The normalized spacial score (nSPS) is 15.2. The fourth-order valence-electron chi connectivity index (χ4n) is 3.52. The van der Waals surface area contributed by atoms with Crippen molar-refractivity contribution in [3.8, 4) is 11.1 Å². The first kappa shape index (κ1) is 18.2. The number of aryl methyl sites for hydroxylation is 1. The van der Waals surface area contributed by atoms with Gasteiger partial charge in [0, 0.05) is 41.0 Å². The number of carbonyl (C=O) groups is 1. The Bertz CT molecular complexity index is 1160.